The van der Waals surface area contributed by atoms with Crippen LogP contribution < -0.4 is 10.2 Å². The molecule has 0 aromatic carbocycles. The monoisotopic (exact) mass is 849 g/mol. The van der Waals surface area contributed by atoms with Crippen molar-refractivity contribution in [3.63, 3.8) is 0 Å². The number of allylic oxidation sites excluding steroid dienone is 9. The third-order valence-corrected chi connectivity index (χ3v) is 11.4. The molecule has 9 heteroatoms. The summed E-state index contributed by atoms with van der Waals surface area (Å²) in [6.07, 6.45) is 54.5. The van der Waals surface area contributed by atoms with E-state index in [4.69, 9.17) is 9.05 Å². The summed E-state index contributed by atoms with van der Waals surface area (Å²) in [5.74, 6) is -0.218. The smallest absolute Gasteiger partial charge is 0.268 e. The third-order valence-electron chi connectivity index (χ3n) is 10.4. The van der Waals surface area contributed by atoms with Crippen LogP contribution in [-0.4, -0.2) is 68.5 Å². The lowest BCUT2D eigenvalue weighted by molar-refractivity contribution is -0.870. The highest BCUT2D eigenvalue weighted by atomic mass is 31.2. The van der Waals surface area contributed by atoms with Crippen molar-refractivity contribution in [3.8, 4) is 0 Å². The van der Waals surface area contributed by atoms with Gasteiger partial charge in [0.15, 0.2) is 0 Å². The van der Waals surface area contributed by atoms with Crippen LogP contribution in [0.5, 0.6) is 0 Å². The first-order valence-corrected chi connectivity index (χ1v) is 25.6. The van der Waals surface area contributed by atoms with Gasteiger partial charge in [-0.15, -0.1) is 0 Å². The van der Waals surface area contributed by atoms with Crippen LogP contribution in [0.25, 0.3) is 0 Å². The van der Waals surface area contributed by atoms with Crippen molar-refractivity contribution in [2.24, 2.45) is 0 Å². The highest BCUT2D eigenvalue weighted by Crippen LogP contribution is 2.38. The molecule has 0 aliphatic heterocycles. The van der Waals surface area contributed by atoms with Crippen LogP contribution in [0.15, 0.2) is 60.8 Å². The second-order valence-electron chi connectivity index (χ2n) is 17.4. The quantitative estimate of drug-likeness (QED) is 0.0274. The average Bonchev–Trinajstić information content (AvgIpc) is 3.19. The van der Waals surface area contributed by atoms with Crippen molar-refractivity contribution in [3.05, 3.63) is 60.8 Å². The molecule has 0 saturated heterocycles. The van der Waals surface area contributed by atoms with Gasteiger partial charge in [-0.3, -0.25) is 9.36 Å². The second-order valence-corrected chi connectivity index (χ2v) is 18.8. The largest absolute Gasteiger partial charge is 0.756 e. The number of amides is 1. The van der Waals surface area contributed by atoms with Crippen molar-refractivity contribution in [1.82, 2.24) is 5.32 Å². The van der Waals surface area contributed by atoms with Crippen LogP contribution >= 0.6 is 7.82 Å². The van der Waals surface area contributed by atoms with E-state index in [-0.39, 0.29) is 12.5 Å². The van der Waals surface area contributed by atoms with Crippen molar-refractivity contribution in [2.45, 2.75) is 212 Å². The zero-order valence-corrected chi connectivity index (χ0v) is 39.8. The molecule has 2 N–H and O–H groups in total. The van der Waals surface area contributed by atoms with E-state index in [1.54, 1.807) is 6.08 Å². The van der Waals surface area contributed by atoms with Crippen molar-refractivity contribution in [2.75, 3.05) is 40.9 Å². The molecule has 0 fully saturated rings. The molecule has 0 aliphatic rings. The average molecular weight is 849 g/mol. The number of quaternary nitrogens is 1. The van der Waals surface area contributed by atoms with Gasteiger partial charge in [0.25, 0.3) is 7.82 Å². The minimum atomic E-state index is -4.60. The second kappa shape index (κ2) is 41.5. The SMILES string of the molecule is CC/C=C/CC/C=C/CC/C=C/C(O)C(COP(=O)([O-])OCC[N+](C)(C)C)NC(=O)CCCCCCCCCCCCC/C=C\C/C=C\CCCCCCCCCCC. The molecule has 0 aliphatic carbocycles. The van der Waals surface area contributed by atoms with Crippen LogP contribution in [0.1, 0.15) is 200 Å². The summed E-state index contributed by atoms with van der Waals surface area (Å²) >= 11 is 0. The number of hydrogen-bond donors (Lipinski definition) is 2. The number of likely N-dealkylation sites (N-methyl/N-ethyl adjacent to an activating group) is 1. The Hall–Kier alpha value is -1.80. The van der Waals surface area contributed by atoms with Gasteiger partial charge in [0, 0.05) is 6.42 Å². The van der Waals surface area contributed by atoms with Gasteiger partial charge in [-0.2, -0.15) is 0 Å². The Bertz CT molecular complexity index is 1140. The Kier molecular flexibility index (Phi) is 40.3. The predicted molar refractivity (Wildman–Crippen MR) is 251 cm³/mol. The zero-order valence-electron chi connectivity index (χ0n) is 38.9. The summed E-state index contributed by atoms with van der Waals surface area (Å²) in [7, 11) is 1.22. The number of phosphoric ester groups is 1. The molecule has 3 atom stereocenters. The number of phosphoric acid groups is 1. The number of hydrogen-bond acceptors (Lipinski definition) is 6. The summed E-state index contributed by atoms with van der Waals surface area (Å²) in [5.41, 5.74) is 0. The number of aliphatic hydroxyl groups excluding tert-OH is 1. The van der Waals surface area contributed by atoms with E-state index < -0.39 is 26.6 Å². The molecule has 0 aromatic heterocycles. The summed E-state index contributed by atoms with van der Waals surface area (Å²) < 4.78 is 23.1. The first-order valence-electron chi connectivity index (χ1n) is 24.2. The van der Waals surface area contributed by atoms with Gasteiger partial charge in [0.1, 0.15) is 13.2 Å². The first kappa shape index (κ1) is 57.2. The topological polar surface area (TPSA) is 108 Å². The van der Waals surface area contributed by atoms with Gasteiger partial charge in [0.05, 0.1) is 39.9 Å². The maximum Gasteiger partial charge on any atom is 0.268 e. The van der Waals surface area contributed by atoms with Crippen LogP contribution in [0.3, 0.4) is 0 Å². The van der Waals surface area contributed by atoms with Gasteiger partial charge in [-0.25, -0.2) is 0 Å². The molecule has 0 aromatic rings. The normalized spacial score (nSPS) is 14.8. The van der Waals surface area contributed by atoms with Crippen molar-refractivity contribution in [1.29, 1.82) is 0 Å². The summed E-state index contributed by atoms with van der Waals surface area (Å²) in [5, 5.41) is 13.7. The van der Waals surface area contributed by atoms with E-state index in [0.29, 0.717) is 17.4 Å². The molecular formula is C50H93N2O6P. The number of carbonyl (C=O) groups is 1. The maximum absolute atomic E-state index is 12.8. The van der Waals surface area contributed by atoms with Gasteiger partial charge in [-0.1, -0.05) is 184 Å². The minimum Gasteiger partial charge on any atom is -0.756 e. The van der Waals surface area contributed by atoms with Crippen LogP contribution in [0, 0.1) is 0 Å². The molecule has 0 rings (SSSR count). The molecular weight excluding hydrogens is 756 g/mol. The van der Waals surface area contributed by atoms with E-state index in [1.807, 2.05) is 27.2 Å². The van der Waals surface area contributed by atoms with Crippen molar-refractivity contribution >= 4 is 13.7 Å². The molecule has 8 nitrogen and oxygen atoms in total. The van der Waals surface area contributed by atoms with Crippen LogP contribution in [0.2, 0.25) is 0 Å². The molecule has 0 spiro atoms. The fraction of sp³-hybridized carbons (Fsp3) is 0.780. The standard InChI is InChI=1S/C50H93N2O6P/c1-6-8-10-12-14-16-18-19-20-21-22-23-24-25-26-27-28-29-30-31-32-33-34-36-38-40-42-44-50(54)51-48(47-58-59(55,56)57-46-45-52(3,4)5)49(53)43-41-39-37-35-17-15-13-11-9-7-2/h9,11,17,22-23,25-26,35,41,43,48-49,53H,6-8,10,12-16,18-21,24,27-34,36-40,42,44-47H2,1-5H3,(H-,51,54,55,56)/b11-9+,23-22-,26-25-,35-17+,43-41+. The number of unbranched alkanes of at least 4 members (excludes halogenated alkanes) is 22. The van der Waals surface area contributed by atoms with E-state index in [2.05, 4.69) is 67.8 Å². The maximum atomic E-state index is 12.8. The van der Waals surface area contributed by atoms with Gasteiger partial charge < -0.3 is 28.8 Å². The van der Waals surface area contributed by atoms with Crippen molar-refractivity contribution < 1.29 is 32.9 Å². The Morgan fingerprint density at radius 1 is 0.610 bits per heavy atom. The molecule has 3 unspecified atom stereocenters. The molecule has 0 heterocycles. The first-order chi connectivity index (χ1) is 28.5. The van der Waals surface area contributed by atoms with Gasteiger partial charge in [-0.05, 0) is 70.6 Å². The van der Waals surface area contributed by atoms with E-state index in [1.165, 1.54) is 122 Å². The molecule has 0 bridgehead atoms. The number of rotatable bonds is 43. The highest BCUT2D eigenvalue weighted by molar-refractivity contribution is 7.45. The highest BCUT2D eigenvalue weighted by Gasteiger charge is 2.23. The van der Waals surface area contributed by atoms with E-state index >= 15 is 0 Å². The molecule has 0 radical (unpaired) electrons. The number of carbonyl (C=O) groups excluding carboxylic acids is 1. The predicted octanol–water partition coefficient (Wildman–Crippen LogP) is 13.2. The number of aliphatic hydroxyl groups is 1. The molecule has 344 valence electrons. The molecule has 0 saturated carbocycles. The molecule has 1 amide bonds. The Morgan fingerprint density at radius 3 is 1.54 bits per heavy atom. The summed E-state index contributed by atoms with van der Waals surface area (Å²) in [6, 6.07) is -0.910. The Labute approximate surface area is 364 Å². The third kappa shape index (κ3) is 44.1. The lowest BCUT2D eigenvalue weighted by atomic mass is 10.0. The van der Waals surface area contributed by atoms with E-state index in [9.17, 15) is 19.4 Å². The lowest BCUT2D eigenvalue weighted by Gasteiger charge is -2.29. The lowest BCUT2D eigenvalue weighted by Crippen LogP contribution is -2.45. The Morgan fingerprint density at radius 2 is 1.05 bits per heavy atom. The fourth-order valence-electron chi connectivity index (χ4n) is 6.63. The zero-order chi connectivity index (χ0) is 43.6. The summed E-state index contributed by atoms with van der Waals surface area (Å²) in [6.45, 7) is 4.48. The van der Waals surface area contributed by atoms with Gasteiger partial charge in [0.2, 0.25) is 5.91 Å². The van der Waals surface area contributed by atoms with Crippen LogP contribution in [0.4, 0.5) is 0 Å². The number of nitrogens with one attached hydrogen (secondary N) is 1. The van der Waals surface area contributed by atoms with Crippen LogP contribution in [-0.2, 0) is 18.4 Å². The Balaban J connectivity index is 4.17. The van der Waals surface area contributed by atoms with Gasteiger partial charge >= 0.3 is 0 Å². The number of nitrogens with zero attached hydrogens (tertiary/aromatic N) is 1. The minimum absolute atomic E-state index is 0.0117. The fourth-order valence-corrected chi connectivity index (χ4v) is 7.36. The summed E-state index contributed by atoms with van der Waals surface area (Å²) in [4.78, 5) is 25.3. The molecule has 59 heavy (non-hydrogen) atoms. The van der Waals surface area contributed by atoms with E-state index in [0.717, 1.165) is 57.8 Å².